The van der Waals surface area contributed by atoms with Crippen molar-refractivity contribution in [1.29, 1.82) is 0 Å². The summed E-state index contributed by atoms with van der Waals surface area (Å²) in [6.45, 7) is 4.25. The number of rotatable bonds is 3. The first-order valence-corrected chi connectivity index (χ1v) is 7.47. The first-order chi connectivity index (χ1) is 9.38. The minimum absolute atomic E-state index is 0.516. The molecule has 104 valence electrons. The van der Waals surface area contributed by atoms with Gasteiger partial charge in [-0.2, -0.15) is 0 Å². The summed E-state index contributed by atoms with van der Waals surface area (Å²) in [6.07, 6.45) is 3.64. The van der Waals surface area contributed by atoms with Gasteiger partial charge in [-0.3, -0.25) is 0 Å². The Hall–Kier alpha value is -1.06. The number of nitrogens with one attached hydrogen (secondary N) is 1. The number of para-hydroxylation sites is 1. The highest BCUT2D eigenvalue weighted by Crippen LogP contribution is 2.34. The van der Waals surface area contributed by atoms with Crippen molar-refractivity contribution in [2.75, 3.05) is 38.3 Å². The molecule has 0 saturated carbocycles. The molecule has 2 heterocycles. The van der Waals surface area contributed by atoms with Crippen molar-refractivity contribution in [3.8, 4) is 0 Å². The molecule has 0 spiro atoms. The molecule has 1 aromatic rings. The van der Waals surface area contributed by atoms with Crippen LogP contribution in [0.5, 0.6) is 0 Å². The second-order valence-corrected chi connectivity index (χ2v) is 5.69. The predicted octanol–water partition coefficient (Wildman–Crippen LogP) is 2.58. The summed E-state index contributed by atoms with van der Waals surface area (Å²) >= 11 is 0. The van der Waals surface area contributed by atoms with Gasteiger partial charge in [0.15, 0.2) is 0 Å². The van der Waals surface area contributed by atoms with E-state index in [9.17, 15) is 0 Å². The molecule has 2 aliphatic heterocycles. The van der Waals surface area contributed by atoms with E-state index in [4.69, 9.17) is 4.74 Å². The number of benzene rings is 1. The Bertz CT molecular complexity index is 415. The molecule has 0 radical (unpaired) electrons. The average molecular weight is 260 g/mol. The van der Waals surface area contributed by atoms with E-state index in [1.54, 1.807) is 0 Å². The van der Waals surface area contributed by atoms with Gasteiger partial charge in [0.1, 0.15) is 0 Å². The Morgan fingerprint density at radius 1 is 1.21 bits per heavy atom. The normalized spacial score (nSPS) is 24.3. The molecule has 3 nitrogen and oxygen atoms in total. The van der Waals surface area contributed by atoms with Crippen molar-refractivity contribution in [2.24, 2.45) is 5.92 Å². The van der Waals surface area contributed by atoms with E-state index < -0.39 is 0 Å². The first kappa shape index (κ1) is 12.9. The first-order valence-electron chi connectivity index (χ1n) is 7.47. The molecule has 1 N–H and O–H groups in total. The highest BCUT2D eigenvalue weighted by molar-refractivity contribution is 5.57. The van der Waals surface area contributed by atoms with E-state index in [0.717, 1.165) is 19.1 Å². The van der Waals surface area contributed by atoms with Crippen LogP contribution in [0.15, 0.2) is 24.3 Å². The van der Waals surface area contributed by atoms with Gasteiger partial charge in [-0.15, -0.1) is 0 Å². The maximum absolute atomic E-state index is 5.46. The van der Waals surface area contributed by atoms with Crippen LogP contribution in [0.1, 0.15) is 30.9 Å². The number of nitrogens with zero attached hydrogens (tertiary/aromatic N) is 1. The summed E-state index contributed by atoms with van der Waals surface area (Å²) in [7, 11) is 2.07. The summed E-state index contributed by atoms with van der Waals surface area (Å²) < 4.78 is 5.46. The average Bonchev–Trinajstić information content (AvgIpc) is 2.49. The standard InChI is InChI=1S/C16H24N2O/c1-17-15-6-9-18(12-13-7-10-19-11-8-13)16-5-3-2-4-14(15)16/h2-5,13,15,17H,6-12H2,1H3. The summed E-state index contributed by atoms with van der Waals surface area (Å²) in [4.78, 5) is 2.58. The van der Waals surface area contributed by atoms with Crippen LogP contribution >= 0.6 is 0 Å². The summed E-state index contributed by atoms with van der Waals surface area (Å²) in [5.41, 5.74) is 2.89. The van der Waals surface area contributed by atoms with Gasteiger partial charge in [0.2, 0.25) is 0 Å². The molecule has 1 aromatic carbocycles. The number of ether oxygens (including phenoxy) is 1. The van der Waals surface area contributed by atoms with Crippen LogP contribution in [0.2, 0.25) is 0 Å². The van der Waals surface area contributed by atoms with Crippen LogP contribution in [0.4, 0.5) is 5.69 Å². The van der Waals surface area contributed by atoms with Gasteiger partial charge < -0.3 is 15.0 Å². The fourth-order valence-electron chi connectivity index (χ4n) is 3.36. The molecule has 19 heavy (non-hydrogen) atoms. The molecule has 1 unspecified atom stereocenters. The molecule has 1 saturated heterocycles. The van der Waals surface area contributed by atoms with E-state index in [1.165, 1.54) is 43.6 Å². The van der Waals surface area contributed by atoms with E-state index in [0.29, 0.717) is 6.04 Å². The number of hydrogen-bond acceptors (Lipinski definition) is 3. The van der Waals surface area contributed by atoms with Crippen molar-refractivity contribution in [3.63, 3.8) is 0 Å². The maximum Gasteiger partial charge on any atom is 0.0469 e. The molecule has 3 rings (SSSR count). The Morgan fingerprint density at radius 3 is 2.79 bits per heavy atom. The SMILES string of the molecule is CNC1CCN(CC2CCOCC2)c2ccccc21. The van der Waals surface area contributed by atoms with Crippen LogP contribution in [0.25, 0.3) is 0 Å². The fourth-order valence-corrected chi connectivity index (χ4v) is 3.36. The van der Waals surface area contributed by atoms with Crippen molar-refractivity contribution >= 4 is 5.69 Å². The minimum atomic E-state index is 0.516. The van der Waals surface area contributed by atoms with Crippen molar-refractivity contribution in [2.45, 2.75) is 25.3 Å². The summed E-state index contributed by atoms with van der Waals surface area (Å²) in [5.74, 6) is 0.799. The zero-order valence-corrected chi connectivity index (χ0v) is 11.8. The van der Waals surface area contributed by atoms with Gasteiger partial charge in [0.25, 0.3) is 0 Å². The lowest BCUT2D eigenvalue weighted by Gasteiger charge is -2.38. The van der Waals surface area contributed by atoms with Crippen LogP contribution in [0, 0.1) is 5.92 Å². The molecule has 0 amide bonds. The van der Waals surface area contributed by atoms with E-state index in [-0.39, 0.29) is 0 Å². The molecule has 2 aliphatic rings. The lowest BCUT2D eigenvalue weighted by molar-refractivity contribution is 0.0680. The van der Waals surface area contributed by atoms with Gasteiger partial charge in [-0.25, -0.2) is 0 Å². The zero-order valence-electron chi connectivity index (χ0n) is 11.8. The fraction of sp³-hybridized carbons (Fsp3) is 0.625. The molecular weight excluding hydrogens is 236 g/mol. The predicted molar refractivity (Wildman–Crippen MR) is 78.6 cm³/mol. The molecule has 1 fully saturated rings. The molecule has 0 bridgehead atoms. The van der Waals surface area contributed by atoms with Crippen LogP contribution in [-0.4, -0.2) is 33.4 Å². The Labute approximate surface area is 115 Å². The smallest absolute Gasteiger partial charge is 0.0469 e. The van der Waals surface area contributed by atoms with E-state index >= 15 is 0 Å². The number of anilines is 1. The lowest BCUT2D eigenvalue weighted by Crippen LogP contribution is -2.39. The Balaban J connectivity index is 1.75. The molecule has 3 heteroatoms. The highest BCUT2D eigenvalue weighted by Gasteiger charge is 2.26. The topological polar surface area (TPSA) is 24.5 Å². The van der Waals surface area contributed by atoms with Crippen molar-refractivity contribution in [1.82, 2.24) is 5.32 Å². The zero-order chi connectivity index (χ0) is 13.1. The summed E-state index contributed by atoms with van der Waals surface area (Å²) in [5, 5.41) is 3.44. The quantitative estimate of drug-likeness (QED) is 0.904. The van der Waals surface area contributed by atoms with E-state index in [1.807, 2.05) is 0 Å². The molecule has 1 atom stereocenters. The molecular formula is C16H24N2O. The second-order valence-electron chi connectivity index (χ2n) is 5.69. The van der Waals surface area contributed by atoms with Gasteiger partial charge in [-0.05, 0) is 43.9 Å². The monoisotopic (exact) mass is 260 g/mol. The number of hydrogen-bond donors (Lipinski definition) is 1. The third-order valence-corrected chi connectivity index (χ3v) is 4.51. The maximum atomic E-state index is 5.46. The largest absolute Gasteiger partial charge is 0.381 e. The van der Waals surface area contributed by atoms with Crippen LogP contribution in [-0.2, 0) is 4.74 Å². The van der Waals surface area contributed by atoms with Gasteiger partial charge in [0.05, 0.1) is 0 Å². The van der Waals surface area contributed by atoms with E-state index in [2.05, 4.69) is 41.5 Å². The molecule has 0 aliphatic carbocycles. The third-order valence-electron chi connectivity index (χ3n) is 4.51. The lowest BCUT2D eigenvalue weighted by atomic mass is 9.93. The number of fused-ring (bicyclic) bond motifs is 1. The Kier molecular flexibility index (Phi) is 4.04. The second kappa shape index (κ2) is 5.93. The third kappa shape index (κ3) is 2.77. The highest BCUT2D eigenvalue weighted by atomic mass is 16.5. The summed E-state index contributed by atoms with van der Waals surface area (Å²) in [6, 6.07) is 9.38. The Morgan fingerprint density at radius 2 is 2.00 bits per heavy atom. The van der Waals surface area contributed by atoms with Crippen molar-refractivity contribution < 1.29 is 4.74 Å². The molecule has 0 aromatic heterocycles. The van der Waals surface area contributed by atoms with Gasteiger partial charge in [-0.1, -0.05) is 18.2 Å². The minimum Gasteiger partial charge on any atom is -0.381 e. The van der Waals surface area contributed by atoms with Gasteiger partial charge >= 0.3 is 0 Å². The van der Waals surface area contributed by atoms with Crippen molar-refractivity contribution in [3.05, 3.63) is 29.8 Å². The van der Waals surface area contributed by atoms with Gasteiger partial charge in [0, 0.05) is 38.0 Å². The van der Waals surface area contributed by atoms with Crippen LogP contribution < -0.4 is 10.2 Å². The van der Waals surface area contributed by atoms with Crippen LogP contribution in [0.3, 0.4) is 0 Å².